The van der Waals surface area contributed by atoms with E-state index in [1.165, 1.54) is 5.56 Å². The van der Waals surface area contributed by atoms with Crippen molar-refractivity contribution in [2.24, 2.45) is 0 Å². The number of aryl methyl sites for hydroxylation is 2. The summed E-state index contributed by atoms with van der Waals surface area (Å²) in [5.41, 5.74) is 3.83. The van der Waals surface area contributed by atoms with Crippen molar-refractivity contribution in [2.45, 2.75) is 20.5 Å². The van der Waals surface area contributed by atoms with E-state index in [1.54, 1.807) is 6.07 Å². The van der Waals surface area contributed by atoms with Crippen LogP contribution >= 0.6 is 0 Å². The molecule has 0 fully saturated rings. The molecule has 0 saturated heterocycles. The van der Waals surface area contributed by atoms with Gasteiger partial charge in [0.05, 0.1) is 5.56 Å². The molecule has 2 heteroatoms. The Hall–Kier alpha value is -2.09. The quantitative estimate of drug-likeness (QED) is 0.765. The number of esters is 1. The average Bonchev–Trinajstić information content (AvgIpc) is 2.36. The summed E-state index contributed by atoms with van der Waals surface area (Å²) in [5, 5.41) is 0. The smallest absolute Gasteiger partial charge is 0.338 e. The monoisotopic (exact) mass is 240 g/mol. The number of ether oxygens (including phenoxy) is 1. The van der Waals surface area contributed by atoms with Gasteiger partial charge in [0.2, 0.25) is 0 Å². The summed E-state index contributed by atoms with van der Waals surface area (Å²) < 4.78 is 5.29. The molecule has 2 rings (SSSR count). The van der Waals surface area contributed by atoms with Gasteiger partial charge in [-0.25, -0.2) is 4.79 Å². The minimum absolute atomic E-state index is 0.278. The first-order valence-corrected chi connectivity index (χ1v) is 5.94. The first-order valence-electron chi connectivity index (χ1n) is 5.94. The minimum Gasteiger partial charge on any atom is -0.457 e. The third-order valence-corrected chi connectivity index (χ3v) is 2.71. The van der Waals surface area contributed by atoms with Gasteiger partial charge in [0.25, 0.3) is 0 Å². The summed E-state index contributed by atoms with van der Waals surface area (Å²) in [4.78, 5) is 11.8. The van der Waals surface area contributed by atoms with Gasteiger partial charge in [-0.3, -0.25) is 0 Å². The van der Waals surface area contributed by atoms with Crippen molar-refractivity contribution in [1.29, 1.82) is 0 Å². The van der Waals surface area contributed by atoms with E-state index in [2.05, 4.69) is 0 Å². The largest absolute Gasteiger partial charge is 0.457 e. The zero-order chi connectivity index (χ0) is 13.0. The fraction of sp³-hybridized carbons (Fsp3) is 0.188. The number of hydrogen-bond donors (Lipinski definition) is 0. The maximum atomic E-state index is 11.8. The minimum atomic E-state index is -0.278. The molecule has 0 aliphatic heterocycles. The van der Waals surface area contributed by atoms with Gasteiger partial charge < -0.3 is 4.74 Å². The zero-order valence-electron chi connectivity index (χ0n) is 10.6. The van der Waals surface area contributed by atoms with Crippen LogP contribution in [0.2, 0.25) is 0 Å². The van der Waals surface area contributed by atoms with Gasteiger partial charge in [-0.1, -0.05) is 47.5 Å². The molecule has 0 amide bonds. The van der Waals surface area contributed by atoms with Gasteiger partial charge in [0.1, 0.15) is 6.61 Å². The lowest BCUT2D eigenvalue weighted by Crippen LogP contribution is -2.05. The van der Waals surface area contributed by atoms with Crippen LogP contribution in [0.4, 0.5) is 0 Å². The molecule has 0 radical (unpaired) electrons. The average molecular weight is 240 g/mol. The Morgan fingerprint density at radius 2 is 1.67 bits per heavy atom. The Morgan fingerprint density at radius 1 is 1.00 bits per heavy atom. The number of carbonyl (C=O) groups excluding carboxylic acids is 1. The van der Waals surface area contributed by atoms with Gasteiger partial charge >= 0.3 is 5.97 Å². The Kier molecular flexibility index (Phi) is 3.78. The van der Waals surface area contributed by atoms with Crippen LogP contribution in [0.15, 0.2) is 48.5 Å². The number of carbonyl (C=O) groups is 1. The van der Waals surface area contributed by atoms with E-state index < -0.39 is 0 Å². The fourth-order valence-corrected chi connectivity index (χ4v) is 1.81. The van der Waals surface area contributed by atoms with Crippen LogP contribution in [-0.2, 0) is 11.3 Å². The molecule has 0 aliphatic carbocycles. The highest BCUT2D eigenvalue weighted by molar-refractivity contribution is 5.89. The second kappa shape index (κ2) is 5.50. The molecular formula is C16H16O2. The van der Waals surface area contributed by atoms with E-state index in [9.17, 15) is 4.79 Å². The summed E-state index contributed by atoms with van der Waals surface area (Å²) in [7, 11) is 0. The van der Waals surface area contributed by atoms with Crippen LogP contribution in [0.25, 0.3) is 0 Å². The van der Waals surface area contributed by atoms with Crippen LogP contribution < -0.4 is 0 Å². The normalized spacial score (nSPS) is 10.1. The van der Waals surface area contributed by atoms with Crippen molar-refractivity contribution in [3.63, 3.8) is 0 Å². The molecule has 18 heavy (non-hydrogen) atoms. The molecule has 2 aromatic carbocycles. The van der Waals surface area contributed by atoms with Crippen molar-refractivity contribution in [3.8, 4) is 0 Å². The van der Waals surface area contributed by atoms with Gasteiger partial charge in [0, 0.05) is 0 Å². The molecule has 0 saturated carbocycles. The summed E-state index contributed by atoms with van der Waals surface area (Å²) in [6, 6.07) is 15.4. The first kappa shape index (κ1) is 12.4. The maximum absolute atomic E-state index is 11.8. The zero-order valence-corrected chi connectivity index (χ0v) is 10.6. The molecule has 0 N–H and O–H groups in total. The van der Waals surface area contributed by atoms with E-state index >= 15 is 0 Å². The topological polar surface area (TPSA) is 26.3 Å². The Labute approximate surface area is 107 Å². The highest BCUT2D eigenvalue weighted by Crippen LogP contribution is 2.09. The van der Waals surface area contributed by atoms with Crippen LogP contribution in [0.1, 0.15) is 27.0 Å². The van der Waals surface area contributed by atoms with E-state index in [4.69, 9.17) is 4.74 Å². The SMILES string of the molecule is Cc1cccc(COC(=O)c2cccc(C)c2)c1. The van der Waals surface area contributed by atoms with Gasteiger partial charge in [-0.05, 0) is 31.5 Å². The lowest BCUT2D eigenvalue weighted by atomic mass is 10.1. The van der Waals surface area contributed by atoms with E-state index in [0.717, 1.165) is 11.1 Å². The van der Waals surface area contributed by atoms with Crippen LogP contribution in [0.5, 0.6) is 0 Å². The second-order valence-corrected chi connectivity index (χ2v) is 4.43. The van der Waals surface area contributed by atoms with Crippen molar-refractivity contribution >= 4 is 5.97 Å². The lowest BCUT2D eigenvalue weighted by molar-refractivity contribution is 0.0472. The summed E-state index contributed by atoms with van der Waals surface area (Å²) in [6.07, 6.45) is 0. The Balaban J connectivity index is 2.00. The highest BCUT2D eigenvalue weighted by atomic mass is 16.5. The van der Waals surface area contributed by atoms with Crippen LogP contribution in [0.3, 0.4) is 0 Å². The van der Waals surface area contributed by atoms with Crippen molar-refractivity contribution in [3.05, 3.63) is 70.8 Å². The first-order chi connectivity index (χ1) is 8.65. The fourth-order valence-electron chi connectivity index (χ4n) is 1.81. The van der Waals surface area contributed by atoms with Crippen molar-refractivity contribution in [2.75, 3.05) is 0 Å². The summed E-state index contributed by atoms with van der Waals surface area (Å²) in [6.45, 7) is 4.29. The molecule has 0 aliphatic rings. The molecule has 2 nitrogen and oxygen atoms in total. The maximum Gasteiger partial charge on any atom is 0.338 e. The van der Waals surface area contributed by atoms with E-state index in [1.807, 2.05) is 56.3 Å². The second-order valence-electron chi connectivity index (χ2n) is 4.43. The van der Waals surface area contributed by atoms with Crippen molar-refractivity contribution < 1.29 is 9.53 Å². The standard InChI is InChI=1S/C16H16O2/c1-12-5-3-7-14(9-12)11-18-16(17)15-8-4-6-13(2)10-15/h3-10H,11H2,1-2H3. The van der Waals surface area contributed by atoms with E-state index in [0.29, 0.717) is 12.2 Å². The summed E-state index contributed by atoms with van der Waals surface area (Å²) in [5.74, 6) is -0.278. The molecule has 0 bridgehead atoms. The van der Waals surface area contributed by atoms with Gasteiger partial charge in [-0.15, -0.1) is 0 Å². The Morgan fingerprint density at radius 3 is 2.33 bits per heavy atom. The van der Waals surface area contributed by atoms with E-state index in [-0.39, 0.29) is 5.97 Å². The Bertz CT molecular complexity index is 559. The van der Waals surface area contributed by atoms with Gasteiger partial charge in [-0.2, -0.15) is 0 Å². The molecule has 2 aromatic rings. The van der Waals surface area contributed by atoms with Crippen LogP contribution in [0, 0.1) is 13.8 Å². The van der Waals surface area contributed by atoms with Gasteiger partial charge in [0.15, 0.2) is 0 Å². The molecule has 92 valence electrons. The summed E-state index contributed by atoms with van der Waals surface area (Å²) >= 11 is 0. The molecule has 0 heterocycles. The molecular weight excluding hydrogens is 224 g/mol. The third kappa shape index (κ3) is 3.20. The number of hydrogen-bond acceptors (Lipinski definition) is 2. The predicted molar refractivity (Wildman–Crippen MR) is 71.5 cm³/mol. The molecule has 0 aromatic heterocycles. The lowest BCUT2D eigenvalue weighted by Gasteiger charge is -2.06. The molecule has 0 unspecified atom stereocenters. The molecule has 0 atom stereocenters. The number of benzene rings is 2. The predicted octanol–water partition coefficient (Wildman–Crippen LogP) is 3.66. The number of rotatable bonds is 3. The molecule has 0 spiro atoms. The van der Waals surface area contributed by atoms with Crippen molar-refractivity contribution in [1.82, 2.24) is 0 Å². The third-order valence-electron chi connectivity index (χ3n) is 2.71. The highest BCUT2D eigenvalue weighted by Gasteiger charge is 2.07. The van der Waals surface area contributed by atoms with Crippen LogP contribution in [-0.4, -0.2) is 5.97 Å².